The van der Waals surface area contributed by atoms with E-state index in [9.17, 15) is 19.5 Å². The maximum absolute atomic E-state index is 12.6. The zero-order chi connectivity index (χ0) is 18.7. The maximum atomic E-state index is 12.6. The second-order valence-corrected chi connectivity index (χ2v) is 7.46. The van der Waals surface area contributed by atoms with Crippen LogP contribution in [-0.4, -0.2) is 43.3 Å². The fourth-order valence-electron chi connectivity index (χ4n) is 2.15. The third kappa shape index (κ3) is 4.52. The molecular formula is C15H11Cl2NO5S2. The first-order valence-corrected chi connectivity index (χ1v) is 8.86. The van der Waals surface area contributed by atoms with E-state index >= 15 is 0 Å². The number of benzene rings is 1. The number of aliphatic carboxylic acids is 2. The monoisotopic (exact) mass is 419 g/mol. The normalized spacial score (nSPS) is 17.2. The first-order chi connectivity index (χ1) is 11.7. The summed E-state index contributed by atoms with van der Waals surface area (Å²) in [5.74, 6) is -3.10. The van der Waals surface area contributed by atoms with E-state index in [-0.39, 0.29) is 15.6 Å². The van der Waals surface area contributed by atoms with Gasteiger partial charge in [-0.3, -0.25) is 14.5 Å². The summed E-state index contributed by atoms with van der Waals surface area (Å²) in [5.41, 5.74) is 0.420. The Balaban J connectivity index is 2.34. The number of carbonyl (C=O) groups is 3. The Morgan fingerprint density at radius 3 is 2.40 bits per heavy atom. The summed E-state index contributed by atoms with van der Waals surface area (Å²) in [4.78, 5) is 35.8. The van der Waals surface area contributed by atoms with Gasteiger partial charge >= 0.3 is 11.9 Å². The van der Waals surface area contributed by atoms with Gasteiger partial charge in [-0.15, -0.1) is 0 Å². The van der Waals surface area contributed by atoms with Crippen molar-refractivity contribution in [2.24, 2.45) is 0 Å². The lowest BCUT2D eigenvalue weighted by Crippen LogP contribution is -2.44. The smallest absolute Gasteiger partial charge is 0.326 e. The van der Waals surface area contributed by atoms with Crippen LogP contribution in [0.2, 0.25) is 10.0 Å². The molecular weight excluding hydrogens is 409 g/mol. The molecule has 0 spiro atoms. The Labute approximate surface area is 162 Å². The minimum atomic E-state index is -1.35. The number of thioether (sulfide) groups is 1. The predicted octanol–water partition coefficient (Wildman–Crippen LogP) is 3.51. The van der Waals surface area contributed by atoms with Crippen LogP contribution in [-0.2, 0) is 14.4 Å². The Kier molecular flexibility index (Phi) is 6.45. The molecule has 1 amide bonds. The fraction of sp³-hybridized carbons (Fsp3) is 0.200. The Hall–Kier alpha value is -1.61. The zero-order valence-electron chi connectivity index (χ0n) is 12.4. The Morgan fingerprint density at radius 2 is 1.88 bits per heavy atom. The molecule has 0 saturated carbocycles. The van der Waals surface area contributed by atoms with E-state index in [0.29, 0.717) is 15.6 Å². The average Bonchev–Trinajstić information content (AvgIpc) is 2.78. The number of carboxylic acid groups (broad SMARTS) is 2. The number of hydrogen-bond donors (Lipinski definition) is 2. The fourth-order valence-corrected chi connectivity index (χ4v) is 4.00. The third-order valence-corrected chi connectivity index (χ3v) is 5.32. The molecule has 1 atom stereocenters. The van der Waals surface area contributed by atoms with Crippen LogP contribution in [0.5, 0.6) is 0 Å². The highest BCUT2D eigenvalue weighted by Gasteiger charge is 2.40. The van der Waals surface area contributed by atoms with E-state index in [1.54, 1.807) is 18.2 Å². The molecule has 6 nitrogen and oxygen atoms in total. The van der Waals surface area contributed by atoms with E-state index in [4.69, 9.17) is 40.5 Å². The van der Waals surface area contributed by atoms with Gasteiger partial charge in [-0.2, -0.15) is 0 Å². The second kappa shape index (κ2) is 8.18. The third-order valence-electron chi connectivity index (χ3n) is 3.33. The van der Waals surface area contributed by atoms with Crippen LogP contribution in [0.15, 0.2) is 23.1 Å². The molecule has 1 aromatic carbocycles. The molecule has 0 bridgehead atoms. The van der Waals surface area contributed by atoms with Crippen LogP contribution < -0.4 is 0 Å². The van der Waals surface area contributed by atoms with Crippen molar-refractivity contribution in [3.05, 3.63) is 38.7 Å². The Morgan fingerprint density at radius 1 is 1.28 bits per heavy atom. The highest BCUT2D eigenvalue weighted by atomic mass is 35.5. The number of amides is 1. The number of halogens is 2. The Bertz CT molecular complexity index is 776. The van der Waals surface area contributed by atoms with Gasteiger partial charge in [-0.25, -0.2) is 4.79 Å². The van der Waals surface area contributed by atoms with Crippen LogP contribution in [0.1, 0.15) is 18.4 Å². The van der Waals surface area contributed by atoms with Gasteiger partial charge in [0.25, 0.3) is 5.91 Å². The van der Waals surface area contributed by atoms with Gasteiger partial charge in [0.15, 0.2) is 0 Å². The molecule has 0 aliphatic carbocycles. The highest BCUT2D eigenvalue weighted by molar-refractivity contribution is 8.26. The lowest BCUT2D eigenvalue weighted by molar-refractivity contribution is -0.146. The first kappa shape index (κ1) is 19.7. The average molecular weight is 420 g/mol. The van der Waals surface area contributed by atoms with Crippen molar-refractivity contribution in [2.45, 2.75) is 18.9 Å². The minimum absolute atomic E-state index is 0.0391. The molecule has 1 aliphatic heterocycles. The standard InChI is InChI=1S/C15H11Cl2NO5S2/c16-8-2-1-3-9(17)7(8)6-11-13(21)18(15(24)25-11)10(14(22)23)4-5-12(19)20/h1-3,6,10H,4-5H2,(H,19,20)(H,22,23)/b11-6+/t10-/m0/s1. The van der Waals surface area contributed by atoms with Crippen molar-refractivity contribution in [1.29, 1.82) is 0 Å². The second-order valence-electron chi connectivity index (χ2n) is 4.97. The molecule has 1 saturated heterocycles. The highest BCUT2D eigenvalue weighted by Crippen LogP contribution is 2.37. The van der Waals surface area contributed by atoms with Crippen LogP contribution in [0, 0.1) is 0 Å². The van der Waals surface area contributed by atoms with Crippen molar-refractivity contribution < 1.29 is 24.6 Å². The number of thiocarbonyl (C=S) groups is 1. The number of carbonyl (C=O) groups excluding carboxylic acids is 1. The van der Waals surface area contributed by atoms with E-state index in [1.807, 2.05) is 0 Å². The summed E-state index contributed by atoms with van der Waals surface area (Å²) in [6, 6.07) is 3.51. The van der Waals surface area contributed by atoms with Gasteiger partial charge in [-0.05, 0) is 24.6 Å². The van der Waals surface area contributed by atoms with E-state index in [2.05, 4.69) is 0 Å². The molecule has 1 aliphatic rings. The molecule has 25 heavy (non-hydrogen) atoms. The lowest BCUT2D eigenvalue weighted by Gasteiger charge is -2.22. The summed E-state index contributed by atoms with van der Waals surface area (Å²) in [7, 11) is 0. The van der Waals surface area contributed by atoms with Crippen molar-refractivity contribution in [2.75, 3.05) is 0 Å². The van der Waals surface area contributed by atoms with E-state index in [0.717, 1.165) is 16.7 Å². The van der Waals surface area contributed by atoms with Crippen molar-refractivity contribution in [3.63, 3.8) is 0 Å². The van der Waals surface area contributed by atoms with Gasteiger partial charge in [0.2, 0.25) is 0 Å². The maximum Gasteiger partial charge on any atom is 0.326 e. The molecule has 2 rings (SSSR count). The number of rotatable bonds is 6. The van der Waals surface area contributed by atoms with E-state index < -0.39 is 30.3 Å². The minimum Gasteiger partial charge on any atom is -0.481 e. The molecule has 0 unspecified atom stereocenters. The molecule has 2 N–H and O–H groups in total. The van der Waals surface area contributed by atoms with Gasteiger partial charge < -0.3 is 10.2 Å². The molecule has 10 heteroatoms. The number of carboxylic acids is 2. The summed E-state index contributed by atoms with van der Waals surface area (Å²) < 4.78 is 0.0391. The molecule has 1 heterocycles. The molecule has 0 aromatic heterocycles. The lowest BCUT2D eigenvalue weighted by atomic mass is 10.1. The summed E-state index contributed by atoms with van der Waals surface area (Å²) >= 11 is 18.2. The largest absolute Gasteiger partial charge is 0.481 e. The zero-order valence-corrected chi connectivity index (χ0v) is 15.6. The van der Waals surface area contributed by atoms with Gasteiger partial charge in [0.05, 0.1) is 4.91 Å². The summed E-state index contributed by atoms with van der Waals surface area (Å²) in [6.45, 7) is 0. The summed E-state index contributed by atoms with van der Waals surface area (Å²) in [6.07, 6.45) is 0.792. The van der Waals surface area contributed by atoms with Crippen molar-refractivity contribution in [1.82, 2.24) is 4.90 Å². The number of hydrogen-bond acceptors (Lipinski definition) is 5. The van der Waals surface area contributed by atoms with Crippen LogP contribution in [0.3, 0.4) is 0 Å². The molecule has 132 valence electrons. The van der Waals surface area contributed by atoms with E-state index in [1.165, 1.54) is 6.08 Å². The first-order valence-electron chi connectivity index (χ1n) is 6.88. The van der Waals surface area contributed by atoms with Crippen LogP contribution >= 0.6 is 47.2 Å². The topological polar surface area (TPSA) is 94.9 Å². The van der Waals surface area contributed by atoms with Gasteiger partial charge in [0, 0.05) is 22.0 Å². The molecule has 1 fully saturated rings. The predicted molar refractivity (Wildman–Crippen MR) is 99.8 cm³/mol. The summed E-state index contributed by atoms with van der Waals surface area (Å²) in [5, 5.41) is 18.7. The van der Waals surface area contributed by atoms with Gasteiger partial charge in [-0.1, -0.05) is 53.2 Å². The quantitative estimate of drug-likeness (QED) is 0.537. The van der Waals surface area contributed by atoms with Crippen molar-refractivity contribution >= 4 is 75.4 Å². The molecule has 1 aromatic rings. The van der Waals surface area contributed by atoms with Crippen LogP contribution in [0.4, 0.5) is 0 Å². The molecule has 0 radical (unpaired) electrons. The van der Waals surface area contributed by atoms with Crippen molar-refractivity contribution in [3.8, 4) is 0 Å². The van der Waals surface area contributed by atoms with Gasteiger partial charge in [0.1, 0.15) is 10.4 Å². The van der Waals surface area contributed by atoms with Crippen LogP contribution in [0.25, 0.3) is 6.08 Å². The SMILES string of the molecule is O=C(O)CC[C@@H](C(=O)O)N1C(=O)/C(=C\c2c(Cl)cccc2Cl)SC1=S. The number of nitrogens with zero attached hydrogens (tertiary/aromatic N) is 1.